The number of alkyl halides is 3. The van der Waals surface area contributed by atoms with Crippen LogP contribution < -0.4 is 4.72 Å². The fourth-order valence-corrected chi connectivity index (χ4v) is 3.75. The highest BCUT2D eigenvalue weighted by atomic mass is 79.9. The Hall–Kier alpha value is -1.91. The number of methoxy groups -OCH3 is 1. The monoisotopic (exact) mass is 451 g/mol. The molecule has 140 valence electrons. The first kappa shape index (κ1) is 20.4. The number of hydrogen-bond acceptors (Lipinski definition) is 4. The minimum atomic E-state index is -4.70. The zero-order valence-electron chi connectivity index (χ0n) is 13.2. The Labute approximate surface area is 156 Å². The molecular weight excluding hydrogens is 439 g/mol. The SMILES string of the molecule is COC(=O)C(NS(=O)(=O)c1cccc(C(F)(F)F)c1)c1cccc(Br)c1. The van der Waals surface area contributed by atoms with Crippen LogP contribution in [-0.4, -0.2) is 21.5 Å². The predicted octanol–water partition coefficient (Wildman–Crippen LogP) is 3.66. The Morgan fingerprint density at radius 1 is 1.15 bits per heavy atom. The summed E-state index contributed by atoms with van der Waals surface area (Å²) in [5, 5.41) is 0. The molecule has 1 N–H and O–H groups in total. The van der Waals surface area contributed by atoms with Crippen LogP contribution in [0, 0.1) is 0 Å². The van der Waals surface area contributed by atoms with Gasteiger partial charge < -0.3 is 4.74 Å². The van der Waals surface area contributed by atoms with Crippen LogP contribution in [0.5, 0.6) is 0 Å². The van der Waals surface area contributed by atoms with Gasteiger partial charge in [0.2, 0.25) is 10.0 Å². The molecule has 0 aromatic heterocycles. The standard InChI is InChI=1S/C16H13BrF3NO4S/c1-25-15(22)14(10-4-2-6-12(17)8-10)21-26(23,24)13-7-3-5-11(9-13)16(18,19)20/h2-9,14,21H,1H3. The molecule has 0 heterocycles. The molecule has 1 unspecified atom stereocenters. The van der Waals surface area contributed by atoms with Crippen LogP contribution in [0.4, 0.5) is 13.2 Å². The van der Waals surface area contributed by atoms with E-state index in [1.165, 1.54) is 12.1 Å². The van der Waals surface area contributed by atoms with Crippen LogP contribution in [0.2, 0.25) is 0 Å². The highest BCUT2D eigenvalue weighted by Crippen LogP contribution is 2.31. The number of rotatable bonds is 5. The molecule has 2 aromatic rings. The largest absolute Gasteiger partial charge is 0.468 e. The number of sulfonamides is 1. The molecule has 0 amide bonds. The topological polar surface area (TPSA) is 72.5 Å². The van der Waals surface area contributed by atoms with Crippen LogP contribution >= 0.6 is 15.9 Å². The summed E-state index contributed by atoms with van der Waals surface area (Å²) in [5.74, 6) is -0.904. The van der Waals surface area contributed by atoms with Crippen LogP contribution in [-0.2, 0) is 25.7 Å². The highest BCUT2D eigenvalue weighted by Gasteiger charge is 2.33. The van der Waals surface area contributed by atoms with E-state index in [0.717, 1.165) is 25.3 Å². The van der Waals surface area contributed by atoms with Crippen molar-refractivity contribution in [1.82, 2.24) is 4.72 Å². The first-order valence-electron chi connectivity index (χ1n) is 7.07. The minimum absolute atomic E-state index is 0.266. The third-order valence-electron chi connectivity index (χ3n) is 3.36. The molecule has 0 fully saturated rings. The Morgan fingerprint density at radius 2 is 1.81 bits per heavy atom. The van der Waals surface area contributed by atoms with Crippen LogP contribution in [0.15, 0.2) is 57.9 Å². The van der Waals surface area contributed by atoms with Crippen molar-refractivity contribution in [2.45, 2.75) is 17.1 Å². The normalized spacial score (nSPS) is 13.3. The van der Waals surface area contributed by atoms with E-state index < -0.39 is 38.7 Å². The van der Waals surface area contributed by atoms with Gasteiger partial charge in [-0.05, 0) is 35.9 Å². The summed E-state index contributed by atoms with van der Waals surface area (Å²) in [6.07, 6.45) is -4.70. The molecule has 0 bridgehead atoms. The van der Waals surface area contributed by atoms with E-state index in [4.69, 9.17) is 0 Å². The molecule has 5 nitrogen and oxygen atoms in total. The number of carbonyl (C=O) groups is 1. The van der Waals surface area contributed by atoms with Crippen molar-refractivity contribution in [1.29, 1.82) is 0 Å². The van der Waals surface area contributed by atoms with Gasteiger partial charge in [0.25, 0.3) is 0 Å². The molecular formula is C16H13BrF3NO4S. The molecule has 2 rings (SSSR count). The van der Waals surface area contributed by atoms with Crippen molar-refractivity contribution < 1.29 is 31.1 Å². The number of hydrogen-bond donors (Lipinski definition) is 1. The van der Waals surface area contributed by atoms with Gasteiger partial charge in [0.15, 0.2) is 0 Å². The zero-order valence-corrected chi connectivity index (χ0v) is 15.7. The smallest absolute Gasteiger partial charge is 0.416 e. The van der Waals surface area contributed by atoms with E-state index in [0.29, 0.717) is 10.5 Å². The van der Waals surface area contributed by atoms with Gasteiger partial charge in [-0.3, -0.25) is 0 Å². The average Bonchev–Trinajstić information content (AvgIpc) is 2.58. The number of carbonyl (C=O) groups excluding carboxylic acids is 1. The molecule has 1 atom stereocenters. The maximum Gasteiger partial charge on any atom is 0.416 e. The maximum absolute atomic E-state index is 12.8. The van der Waals surface area contributed by atoms with Crippen molar-refractivity contribution in [2.24, 2.45) is 0 Å². The third kappa shape index (κ3) is 4.83. The van der Waals surface area contributed by atoms with Crippen molar-refractivity contribution in [3.8, 4) is 0 Å². The maximum atomic E-state index is 12.8. The lowest BCUT2D eigenvalue weighted by molar-refractivity contribution is -0.142. The summed E-state index contributed by atoms with van der Waals surface area (Å²) in [7, 11) is -3.35. The second-order valence-electron chi connectivity index (χ2n) is 5.16. The van der Waals surface area contributed by atoms with E-state index in [1.54, 1.807) is 12.1 Å². The number of ether oxygens (including phenoxy) is 1. The average molecular weight is 452 g/mol. The second-order valence-corrected chi connectivity index (χ2v) is 7.79. The summed E-state index contributed by atoms with van der Waals surface area (Å²) in [6, 6.07) is 8.04. The molecule has 0 saturated carbocycles. The lowest BCUT2D eigenvalue weighted by Crippen LogP contribution is -2.34. The molecule has 0 aliphatic rings. The Balaban J connectivity index is 2.43. The summed E-state index contributed by atoms with van der Waals surface area (Å²) >= 11 is 3.20. The summed E-state index contributed by atoms with van der Waals surface area (Å²) in [6.45, 7) is 0. The Morgan fingerprint density at radius 3 is 2.38 bits per heavy atom. The molecule has 0 aliphatic carbocycles. The van der Waals surface area contributed by atoms with E-state index in [9.17, 15) is 26.4 Å². The highest BCUT2D eigenvalue weighted by molar-refractivity contribution is 9.10. The molecule has 26 heavy (non-hydrogen) atoms. The molecule has 0 aliphatic heterocycles. The number of halogens is 4. The van der Waals surface area contributed by atoms with Crippen LogP contribution in [0.1, 0.15) is 17.2 Å². The molecule has 2 aromatic carbocycles. The van der Waals surface area contributed by atoms with Crippen molar-refractivity contribution in [3.63, 3.8) is 0 Å². The first-order valence-corrected chi connectivity index (χ1v) is 9.35. The van der Waals surface area contributed by atoms with Gasteiger partial charge in [-0.1, -0.05) is 34.1 Å². The van der Waals surface area contributed by atoms with Crippen molar-refractivity contribution in [3.05, 3.63) is 64.1 Å². The minimum Gasteiger partial charge on any atom is -0.468 e. The van der Waals surface area contributed by atoms with Crippen molar-refractivity contribution >= 4 is 31.9 Å². The van der Waals surface area contributed by atoms with Crippen LogP contribution in [0.25, 0.3) is 0 Å². The summed E-state index contributed by atoms with van der Waals surface area (Å²) in [5.41, 5.74) is -0.848. The molecule has 10 heteroatoms. The van der Waals surface area contributed by atoms with E-state index >= 15 is 0 Å². The van der Waals surface area contributed by atoms with Gasteiger partial charge in [-0.25, -0.2) is 13.2 Å². The summed E-state index contributed by atoms with van der Waals surface area (Å²) < 4.78 is 70.7. The van der Waals surface area contributed by atoms with E-state index in [-0.39, 0.29) is 5.56 Å². The van der Waals surface area contributed by atoms with E-state index in [1.807, 2.05) is 0 Å². The Kier molecular flexibility index (Phi) is 6.09. The fraction of sp³-hybridized carbons (Fsp3) is 0.188. The number of benzene rings is 2. The summed E-state index contributed by atoms with van der Waals surface area (Å²) in [4.78, 5) is 11.4. The molecule has 0 saturated heterocycles. The predicted molar refractivity (Wildman–Crippen MR) is 90.7 cm³/mol. The van der Waals surface area contributed by atoms with Gasteiger partial charge in [0.05, 0.1) is 17.6 Å². The van der Waals surface area contributed by atoms with Gasteiger partial charge in [0.1, 0.15) is 6.04 Å². The van der Waals surface area contributed by atoms with Gasteiger partial charge in [0, 0.05) is 4.47 Å². The third-order valence-corrected chi connectivity index (χ3v) is 5.28. The quantitative estimate of drug-likeness (QED) is 0.704. The zero-order chi connectivity index (χ0) is 19.5. The van der Waals surface area contributed by atoms with Crippen LogP contribution in [0.3, 0.4) is 0 Å². The number of esters is 1. The molecule has 0 radical (unpaired) electrons. The van der Waals surface area contributed by atoms with Gasteiger partial charge in [-0.2, -0.15) is 17.9 Å². The first-order chi connectivity index (χ1) is 12.0. The Bertz CT molecular complexity index is 916. The second kappa shape index (κ2) is 7.77. The molecule has 0 spiro atoms. The van der Waals surface area contributed by atoms with Gasteiger partial charge in [-0.15, -0.1) is 0 Å². The lowest BCUT2D eigenvalue weighted by atomic mass is 10.1. The number of nitrogens with one attached hydrogen (secondary N) is 1. The van der Waals surface area contributed by atoms with Crippen molar-refractivity contribution in [2.75, 3.05) is 7.11 Å². The fourth-order valence-electron chi connectivity index (χ4n) is 2.12. The van der Waals surface area contributed by atoms with Gasteiger partial charge >= 0.3 is 12.1 Å². The lowest BCUT2D eigenvalue weighted by Gasteiger charge is -2.18. The van der Waals surface area contributed by atoms with E-state index in [2.05, 4.69) is 25.4 Å².